The van der Waals surface area contributed by atoms with E-state index in [1.54, 1.807) is 24.3 Å². The third kappa shape index (κ3) is 5.85. The van der Waals surface area contributed by atoms with Crippen molar-refractivity contribution in [1.29, 1.82) is 0 Å². The molecule has 2 rings (SSSR count). The zero-order valence-electron chi connectivity index (χ0n) is 16.4. The monoisotopic (exact) mass is 402 g/mol. The minimum atomic E-state index is -3.42. The standard InChI is InChI=1S/C21H26N2O4S/c1-5-13-23(28(4,25)26)19-9-7-18(8-10-19)21(24)22-12-14-27-20-11-6-16(2)17(3)15-20/h5-11,15H,1,12-14H2,2-4H3,(H,22,24). The summed E-state index contributed by atoms with van der Waals surface area (Å²) in [4.78, 5) is 12.2. The van der Waals surface area contributed by atoms with Gasteiger partial charge in [0.15, 0.2) is 0 Å². The van der Waals surface area contributed by atoms with Crippen molar-refractivity contribution in [1.82, 2.24) is 5.32 Å². The number of hydrogen-bond acceptors (Lipinski definition) is 4. The van der Waals surface area contributed by atoms with Gasteiger partial charge in [-0.3, -0.25) is 9.10 Å². The number of ether oxygens (including phenoxy) is 1. The number of nitrogens with one attached hydrogen (secondary N) is 1. The van der Waals surface area contributed by atoms with Crippen molar-refractivity contribution in [2.75, 3.05) is 30.3 Å². The summed E-state index contributed by atoms with van der Waals surface area (Å²) in [5.41, 5.74) is 3.28. The maximum atomic E-state index is 12.2. The van der Waals surface area contributed by atoms with Crippen LogP contribution in [-0.4, -0.2) is 40.3 Å². The van der Waals surface area contributed by atoms with Crippen molar-refractivity contribution in [3.05, 3.63) is 71.8 Å². The smallest absolute Gasteiger partial charge is 0.251 e. The molecule has 0 aliphatic carbocycles. The Bertz CT molecular complexity index is 937. The fraction of sp³-hybridized carbons (Fsp3) is 0.286. The normalized spacial score (nSPS) is 11.0. The summed E-state index contributed by atoms with van der Waals surface area (Å²) in [5.74, 6) is 0.523. The highest BCUT2D eigenvalue weighted by Crippen LogP contribution is 2.18. The fourth-order valence-corrected chi connectivity index (χ4v) is 3.45. The second-order valence-electron chi connectivity index (χ2n) is 6.48. The molecule has 7 heteroatoms. The molecule has 0 radical (unpaired) electrons. The SMILES string of the molecule is C=CCN(c1ccc(C(=O)NCCOc2ccc(C)c(C)c2)cc1)S(C)(=O)=O. The Morgan fingerprint density at radius 2 is 1.82 bits per heavy atom. The lowest BCUT2D eigenvalue weighted by molar-refractivity contribution is 0.0947. The van der Waals surface area contributed by atoms with E-state index in [0.29, 0.717) is 24.4 Å². The highest BCUT2D eigenvalue weighted by Gasteiger charge is 2.16. The van der Waals surface area contributed by atoms with Gasteiger partial charge in [0.25, 0.3) is 5.91 Å². The van der Waals surface area contributed by atoms with Crippen molar-refractivity contribution in [3.63, 3.8) is 0 Å². The molecule has 150 valence electrons. The Morgan fingerprint density at radius 1 is 1.14 bits per heavy atom. The minimum Gasteiger partial charge on any atom is -0.492 e. The number of nitrogens with zero attached hydrogens (tertiary/aromatic N) is 1. The van der Waals surface area contributed by atoms with Crippen LogP contribution < -0.4 is 14.4 Å². The van der Waals surface area contributed by atoms with E-state index in [4.69, 9.17) is 4.74 Å². The zero-order valence-corrected chi connectivity index (χ0v) is 17.3. The molecule has 6 nitrogen and oxygen atoms in total. The average Bonchev–Trinajstić information content (AvgIpc) is 2.65. The zero-order chi connectivity index (χ0) is 20.7. The van der Waals surface area contributed by atoms with Gasteiger partial charge in [0.1, 0.15) is 12.4 Å². The Balaban J connectivity index is 1.90. The third-order valence-corrected chi connectivity index (χ3v) is 5.41. The Labute approximate surface area is 166 Å². The summed E-state index contributed by atoms with van der Waals surface area (Å²) >= 11 is 0. The van der Waals surface area contributed by atoms with E-state index in [1.807, 2.05) is 32.0 Å². The molecule has 0 atom stereocenters. The molecule has 0 fully saturated rings. The largest absolute Gasteiger partial charge is 0.492 e. The Hall–Kier alpha value is -2.80. The molecule has 0 heterocycles. The van der Waals surface area contributed by atoms with Gasteiger partial charge in [-0.25, -0.2) is 8.42 Å². The van der Waals surface area contributed by atoms with Gasteiger partial charge in [-0.05, 0) is 61.4 Å². The molecule has 2 aromatic rings. The van der Waals surface area contributed by atoms with Crippen LogP contribution in [0.3, 0.4) is 0 Å². The van der Waals surface area contributed by atoms with E-state index < -0.39 is 10.0 Å². The van der Waals surface area contributed by atoms with Crippen molar-refractivity contribution in [3.8, 4) is 5.75 Å². The predicted molar refractivity (Wildman–Crippen MR) is 113 cm³/mol. The summed E-state index contributed by atoms with van der Waals surface area (Å²) in [7, 11) is -3.42. The Kier molecular flexibility index (Phi) is 7.23. The number of amides is 1. The molecule has 0 saturated heterocycles. The van der Waals surface area contributed by atoms with Gasteiger partial charge in [0, 0.05) is 5.56 Å². The molecule has 1 amide bonds. The first-order chi connectivity index (χ1) is 13.2. The van der Waals surface area contributed by atoms with Gasteiger partial charge < -0.3 is 10.1 Å². The van der Waals surface area contributed by atoms with Crippen LogP contribution in [-0.2, 0) is 10.0 Å². The van der Waals surface area contributed by atoms with Crippen molar-refractivity contribution < 1.29 is 17.9 Å². The van der Waals surface area contributed by atoms with E-state index in [0.717, 1.165) is 17.6 Å². The second-order valence-corrected chi connectivity index (χ2v) is 8.39. The number of benzene rings is 2. The number of aryl methyl sites for hydroxylation is 2. The van der Waals surface area contributed by atoms with Gasteiger partial charge in [-0.15, -0.1) is 6.58 Å². The number of sulfonamides is 1. The predicted octanol–water partition coefficient (Wildman–Crippen LogP) is 3.06. The van der Waals surface area contributed by atoms with Gasteiger partial charge in [0.05, 0.1) is 25.0 Å². The second kappa shape index (κ2) is 9.41. The summed E-state index contributed by atoms with van der Waals surface area (Å²) in [6.07, 6.45) is 2.64. The van der Waals surface area contributed by atoms with E-state index >= 15 is 0 Å². The summed E-state index contributed by atoms with van der Waals surface area (Å²) < 4.78 is 30.6. The highest BCUT2D eigenvalue weighted by atomic mass is 32.2. The van der Waals surface area contributed by atoms with E-state index in [-0.39, 0.29) is 12.5 Å². The van der Waals surface area contributed by atoms with Crippen LogP contribution in [0.25, 0.3) is 0 Å². The fourth-order valence-electron chi connectivity index (χ4n) is 2.57. The molecular weight excluding hydrogens is 376 g/mol. The molecular formula is C21H26N2O4S. The average molecular weight is 403 g/mol. The molecule has 0 saturated carbocycles. The number of carbonyl (C=O) groups excluding carboxylic acids is 1. The van der Waals surface area contributed by atoms with Gasteiger partial charge >= 0.3 is 0 Å². The number of anilines is 1. The molecule has 28 heavy (non-hydrogen) atoms. The van der Waals surface area contributed by atoms with Gasteiger partial charge in [-0.2, -0.15) is 0 Å². The molecule has 0 aliphatic heterocycles. The highest BCUT2D eigenvalue weighted by molar-refractivity contribution is 7.92. The quantitative estimate of drug-likeness (QED) is 0.517. The van der Waals surface area contributed by atoms with Crippen LogP contribution in [0.4, 0.5) is 5.69 Å². The molecule has 0 spiro atoms. The molecule has 1 N–H and O–H groups in total. The van der Waals surface area contributed by atoms with Crippen LogP contribution in [0, 0.1) is 13.8 Å². The third-order valence-electron chi connectivity index (χ3n) is 4.25. The lowest BCUT2D eigenvalue weighted by Crippen LogP contribution is -2.30. The first-order valence-electron chi connectivity index (χ1n) is 8.89. The van der Waals surface area contributed by atoms with Gasteiger partial charge in [0.2, 0.25) is 10.0 Å². The van der Waals surface area contributed by atoms with Crippen LogP contribution in [0.5, 0.6) is 5.75 Å². The first-order valence-corrected chi connectivity index (χ1v) is 10.7. The number of carbonyl (C=O) groups is 1. The van der Waals surface area contributed by atoms with Crippen LogP contribution in [0.1, 0.15) is 21.5 Å². The van der Waals surface area contributed by atoms with E-state index in [2.05, 4.69) is 11.9 Å². The van der Waals surface area contributed by atoms with Crippen LogP contribution in [0.15, 0.2) is 55.1 Å². The topological polar surface area (TPSA) is 75.7 Å². The summed E-state index contributed by atoms with van der Waals surface area (Å²) in [6.45, 7) is 8.52. The molecule has 0 aromatic heterocycles. The summed E-state index contributed by atoms with van der Waals surface area (Å²) in [6, 6.07) is 12.3. The van der Waals surface area contributed by atoms with Gasteiger partial charge in [-0.1, -0.05) is 12.1 Å². The van der Waals surface area contributed by atoms with E-state index in [1.165, 1.54) is 15.9 Å². The first kappa shape index (κ1) is 21.5. The van der Waals surface area contributed by atoms with E-state index in [9.17, 15) is 13.2 Å². The van der Waals surface area contributed by atoms with Crippen molar-refractivity contribution in [2.24, 2.45) is 0 Å². The molecule has 0 unspecified atom stereocenters. The molecule has 0 aliphatic rings. The minimum absolute atomic E-state index is 0.167. The van der Waals surface area contributed by atoms with Crippen LogP contribution in [0.2, 0.25) is 0 Å². The number of hydrogen-bond donors (Lipinski definition) is 1. The number of rotatable bonds is 9. The lowest BCUT2D eigenvalue weighted by Gasteiger charge is -2.20. The maximum absolute atomic E-state index is 12.2. The molecule has 0 bridgehead atoms. The lowest BCUT2D eigenvalue weighted by atomic mass is 10.1. The summed E-state index contributed by atoms with van der Waals surface area (Å²) in [5, 5.41) is 2.79. The Morgan fingerprint density at radius 3 is 2.39 bits per heavy atom. The maximum Gasteiger partial charge on any atom is 0.251 e. The van der Waals surface area contributed by atoms with Crippen molar-refractivity contribution >= 4 is 21.6 Å². The molecule has 2 aromatic carbocycles. The van der Waals surface area contributed by atoms with Crippen LogP contribution >= 0.6 is 0 Å². The van der Waals surface area contributed by atoms with Crippen molar-refractivity contribution in [2.45, 2.75) is 13.8 Å².